The molecule has 1 saturated carbocycles. The molecule has 2 aromatic heterocycles. The van der Waals surface area contributed by atoms with Crippen LogP contribution in [0.4, 0.5) is 5.82 Å². The van der Waals surface area contributed by atoms with Gasteiger partial charge in [-0.05, 0) is 31.2 Å². The van der Waals surface area contributed by atoms with Crippen LogP contribution >= 0.6 is 0 Å². The highest BCUT2D eigenvalue weighted by molar-refractivity contribution is 5.88. The molecular formula is C16H20N4O. The maximum absolute atomic E-state index is 5.50. The maximum Gasteiger partial charge on any atom is 0.141 e. The molecule has 0 N–H and O–H groups in total. The fourth-order valence-electron chi connectivity index (χ4n) is 4.19. The van der Waals surface area contributed by atoms with E-state index in [0.29, 0.717) is 5.41 Å². The number of aromatic nitrogens is 3. The van der Waals surface area contributed by atoms with Crippen molar-refractivity contribution in [3.05, 3.63) is 24.8 Å². The van der Waals surface area contributed by atoms with E-state index in [1.54, 1.807) is 12.5 Å². The Morgan fingerprint density at radius 1 is 1.43 bits per heavy atom. The normalized spacial score (nSPS) is 28.2. The number of pyridine rings is 1. The Hall–Kier alpha value is -1.75. The predicted octanol–water partition coefficient (Wildman–Crippen LogP) is 2.28. The molecule has 1 saturated heterocycles. The fourth-order valence-corrected chi connectivity index (χ4v) is 4.19. The molecule has 2 aliphatic rings. The molecule has 0 radical (unpaired) electrons. The van der Waals surface area contributed by atoms with Crippen LogP contribution in [0.5, 0.6) is 0 Å². The van der Waals surface area contributed by atoms with Gasteiger partial charge in [-0.25, -0.2) is 9.97 Å². The smallest absolute Gasteiger partial charge is 0.141 e. The van der Waals surface area contributed by atoms with Gasteiger partial charge in [-0.3, -0.25) is 4.98 Å². The third-order valence-electron chi connectivity index (χ3n) is 4.98. The van der Waals surface area contributed by atoms with E-state index < -0.39 is 0 Å². The van der Waals surface area contributed by atoms with Gasteiger partial charge in [-0.2, -0.15) is 0 Å². The molecule has 5 heteroatoms. The molecule has 3 heterocycles. The Kier molecular flexibility index (Phi) is 3.03. The van der Waals surface area contributed by atoms with Gasteiger partial charge in [0, 0.05) is 38.0 Å². The van der Waals surface area contributed by atoms with Gasteiger partial charge in [0.15, 0.2) is 0 Å². The summed E-state index contributed by atoms with van der Waals surface area (Å²) in [5.74, 6) is 1.79. The van der Waals surface area contributed by atoms with Gasteiger partial charge in [0.2, 0.25) is 0 Å². The number of hydrogen-bond donors (Lipinski definition) is 0. The molecule has 2 bridgehead atoms. The average molecular weight is 284 g/mol. The van der Waals surface area contributed by atoms with Crippen LogP contribution in [0.2, 0.25) is 0 Å². The van der Waals surface area contributed by atoms with Gasteiger partial charge >= 0.3 is 0 Å². The van der Waals surface area contributed by atoms with Crippen molar-refractivity contribution in [1.29, 1.82) is 0 Å². The molecule has 4 rings (SSSR count). The lowest BCUT2D eigenvalue weighted by Crippen LogP contribution is -2.45. The Morgan fingerprint density at radius 3 is 3.29 bits per heavy atom. The van der Waals surface area contributed by atoms with Crippen LogP contribution in [-0.4, -0.2) is 41.8 Å². The second-order valence-electron chi connectivity index (χ2n) is 6.51. The molecule has 0 spiro atoms. The number of fused-ring (bicyclic) bond motifs is 3. The molecule has 2 fully saturated rings. The Labute approximate surface area is 124 Å². The Morgan fingerprint density at radius 2 is 2.38 bits per heavy atom. The summed E-state index contributed by atoms with van der Waals surface area (Å²) in [6.07, 6.45) is 9.19. The van der Waals surface area contributed by atoms with Crippen LogP contribution in [0.25, 0.3) is 10.9 Å². The number of methoxy groups -OCH3 is 1. The predicted molar refractivity (Wildman–Crippen MR) is 81.2 cm³/mol. The standard InChI is InChI=1S/C16H20N4O/c1-21-10-16-4-2-12(6-16)8-20(9-16)15-13-7-17-5-3-14(13)18-11-19-15/h3,5,7,11-12H,2,4,6,8-10H2,1H3. The first-order valence-electron chi connectivity index (χ1n) is 7.58. The van der Waals surface area contributed by atoms with Crippen molar-refractivity contribution in [1.82, 2.24) is 15.0 Å². The minimum Gasteiger partial charge on any atom is -0.384 e. The van der Waals surface area contributed by atoms with Crippen molar-refractivity contribution in [2.24, 2.45) is 11.3 Å². The molecule has 2 atom stereocenters. The van der Waals surface area contributed by atoms with Crippen molar-refractivity contribution in [2.45, 2.75) is 19.3 Å². The van der Waals surface area contributed by atoms with E-state index in [1.807, 2.05) is 19.4 Å². The van der Waals surface area contributed by atoms with E-state index in [9.17, 15) is 0 Å². The van der Waals surface area contributed by atoms with E-state index in [4.69, 9.17) is 4.74 Å². The molecule has 5 nitrogen and oxygen atoms in total. The van der Waals surface area contributed by atoms with Crippen LogP contribution in [0, 0.1) is 11.3 Å². The second-order valence-corrected chi connectivity index (χ2v) is 6.51. The van der Waals surface area contributed by atoms with Crippen LogP contribution in [0.3, 0.4) is 0 Å². The molecule has 0 amide bonds. The summed E-state index contributed by atoms with van der Waals surface area (Å²) in [6.45, 7) is 2.96. The zero-order valence-corrected chi connectivity index (χ0v) is 12.3. The van der Waals surface area contributed by atoms with Gasteiger partial charge in [0.05, 0.1) is 17.5 Å². The van der Waals surface area contributed by atoms with E-state index in [-0.39, 0.29) is 0 Å². The maximum atomic E-state index is 5.50. The van der Waals surface area contributed by atoms with Crippen molar-refractivity contribution >= 4 is 16.7 Å². The van der Waals surface area contributed by atoms with Crippen LogP contribution in [0.15, 0.2) is 24.8 Å². The number of anilines is 1. The molecule has 1 aliphatic heterocycles. The first kappa shape index (κ1) is 13.0. The fraction of sp³-hybridized carbons (Fsp3) is 0.562. The largest absolute Gasteiger partial charge is 0.384 e. The average Bonchev–Trinajstić information content (AvgIpc) is 2.81. The molecule has 21 heavy (non-hydrogen) atoms. The summed E-state index contributed by atoms with van der Waals surface area (Å²) in [5, 5.41) is 1.05. The van der Waals surface area contributed by atoms with Gasteiger partial charge in [0.1, 0.15) is 12.1 Å². The molecule has 110 valence electrons. The number of nitrogens with zero attached hydrogens (tertiary/aromatic N) is 4. The molecule has 2 aromatic rings. The minimum atomic E-state index is 0.303. The number of piperidine rings is 1. The lowest BCUT2D eigenvalue weighted by molar-refractivity contribution is 0.0775. The van der Waals surface area contributed by atoms with Gasteiger partial charge < -0.3 is 9.64 Å². The topological polar surface area (TPSA) is 51.1 Å². The monoisotopic (exact) mass is 284 g/mol. The summed E-state index contributed by atoms with van der Waals surface area (Å²) in [6, 6.07) is 1.95. The van der Waals surface area contributed by atoms with Gasteiger partial charge in [-0.15, -0.1) is 0 Å². The number of hydrogen-bond acceptors (Lipinski definition) is 5. The summed E-state index contributed by atoms with van der Waals surface area (Å²) < 4.78 is 5.50. The highest BCUT2D eigenvalue weighted by Gasteiger charge is 2.45. The third-order valence-corrected chi connectivity index (χ3v) is 4.98. The van der Waals surface area contributed by atoms with E-state index in [1.165, 1.54) is 19.3 Å². The minimum absolute atomic E-state index is 0.303. The molecule has 2 unspecified atom stereocenters. The number of ether oxygens (including phenoxy) is 1. The molecular weight excluding hydrogens is 264 g/mol. The van der Waals surface area contributed by atoms with E-state index in [0.717, 1.165) is 42.3 Å². The Bertz CT molecular complexity index is 652. The van der Waals surface area contributed by atoms with Crippen molar-refractivity contribution in [3.8, 4) is 0 Å². The summed E-state index contributed by atoms with van der Waals surface area (Å²) in [5.41, 5.74) is 1.27. The zero-order chi connectivity index (χ0) is 14.3. The highest BCUT2D eigenvalue weighted by Crippen LogP contribution is 2.47. The first-order chi connectivity index (χ1) is 10.3. The van der Waals surface area contributed by atoms with Gasteiger partial charge in [0.25, 0.3) is 0 Å². The van der Waals surface area contributed by atoms with Crippen molar-refractivity contribution < 1.29 is 4.74 Å². The quantitative estimate of drug-likeness (QED) is 0.865. The molecule has 1 aliphatic carbocycles. The van der Waals surface area contributed by atoms with Crippen LogP contribution in [-0.2, 0) is 4.74 Å². The highest BCUT2D eigenvalue weighted by atomic mass is 16.5. The lowest BCUT2D eigenvalue weighted by Gasteiger charge is -2.40. The first-order valence-corrected chi connectivity index (χ1v) is 7.58. The summed E-state index contributed by atoms with van der Waals surface area (Å²) in [7, 11) is 1.81. The van der Waals surface area contributed by atoms with Crippen LogP contribution < -0.4 is 4.90 Å². The zero-order valence-electron chi connectivity index (χ0n) is 12.3. The summed E-state index contributed by atoms with van der Waals surface area (Å²) >= 11 is 0. The summed E-state index contributed by atoms with van der Waals surface area (Å²) in [4.78, 5) is 15.6. The van der Waals surface area contributed by atoms with E-state index >= 15 is 0 Å². The second kappa shape index (κ2) is 4.91. The number of rotatable bonds is 3. The SMILES string of the molecule is COCC12CCC(CN(c3ncnc4ccncc34)C1)C2. The van der Waals surface area contributed by atoms with Crippen molar-refractivity contribution in [2.75, 3.05) is 31.7 Å². The third kappa shape index (κ3) is 2.16. The Balaban J connectivity index is 1.72. The van der Waals surface area contributed by atoms with E-state index in [2.05, 4.69) is 19.9 Å². The molecule has 0 aromatic carbocycles. The lowest BCUT2D eigenvalue weighted by atomic mass is 9.82. The van der Waals surface area contributed by atoms with Crippen LogP contribution in [0.1, 0.15) is 19.3 Å². The van der Waals surface area contributed by atoms with Crippen molar-refractivity contribution in [3.63, 3.8) is 0 Å². The van der Waals surface area contributed by atoms with Gasteiger partial charge in [-0.1, -0.05) is 0 Å².